The Labute approximate surface area is 138 Å². The third kappa shape index (κ3) is 7.10. The minimum atomic E-state index is -4.99. The van der Waals surface area contributed by atoms with E-state index in [1.807, 2.05) is 0 Å². The summed E-state index contributed by atoms with van der Waals surface area (Å²) in [5.41, 5.74) is 0.113. The number of carboxylic acid groups (broad SMARTS) is 1. The van der Waals surface area contributed by atoms with Crippen molar-refractivity contribution >= 4 is 30.9 Å². The zero-order chi connectivity index (χ0) is 18.5. The molecule has 0 aromatic heterocycles. The van der Waals surface area contributed by atoms with Crippen LogP contribution in [0.5, 0.6) is 0 Å². The molecule has 0 bridgehead atoms. The molecule has 1 rings (SSSR count). The molecule has 10 nitrogen and oxygen atoms in total. The van der Waals surface area contributed by atoms with Crippen LogP contribution in [0.4, 0.5) is 0 Å². The largest absolute Gasteiger partial charge is 0.482 e. The van der Waals surface area contributed by atoms with Crippen LogP contribution in [-0.2, 0) is 24.8 Å². The summed E-state index contributed by atoms with van der Waals surface area (Å²) in [5.74, 6) is -3.07. The van der Waals surface area contributed by atoms with Crippen molar-refractivity contribution in [2.45, 2.75) is 25.0 Å². The molecule has 1 aromatic carbocycles. The molecule has 0 radical (unpaired) electrons. The van der Waals surface area contributed by atoms with Gasteiger partial charge in [0.1, 0.15) is 0 Å². The molecule has 0 aliphatic carbocycles. The number of carboxylic acids is 1. The topological polar surface area (TPSA) is 170 Å². The van der Waals surface area contributed by atoms with Gasteiger partial charge in [0.05, 0.1) is 17.3 Å². The van der Waals surface area contributed by atoms with Gasteiger partial charge >= 0.3 is 20.9 Å². The van der Waals surface area contributed by atoms with Gasteiger partial charge in [-0.05, 0) is 24.1 Å². The molecular formula is C11H17BNO9PS. The number of carbonyl (C=O) groups is 1. The van der Waals surface area contributed by atoms with Crippen LogP contribution in [0.25, 0.3) is 0 Å². The molecule has 0 saturated heterocycles. The van der Waals surface area contributed by atoms with Crippen LogP contribution < -0.4 is 4.72 Å². The van der Waals surface area contributed by atoms with Gasteiger partial charge in [-0.2, -0.15) is 0 Å². The second kappa shape index (κ2) is 8.21. The van der Waals surface area contributed by atoms with Crippen molar-refractivity contribution in [1.29, 1.82) is 0 Å². The highest BCUT2D eigenvalue weighted by atomic mass is 32.2. The molecule has 0 spiro atoms. The van der Waals surface area contributed by atoms with E-state index < -0.39 is 42.6 Å². The van der Waals surface area contributed by atoms with Gasteiger partial charge in [0.25, 0.3) is 0 Å². The normalized spacial score (nSPS) is 13.5. The Bertz CT molecular complexity index is 735. The third-order valence-electron chi connectivity index (χ3n) is 2.89. The first-order chi connectivity index (χ1) is 10.9. The van der Waals surface area contributed by atoms with Gasteiger partial charge in [-0.25, -0.2) is 22.5 Å². The van der Waals surface area contributed by atoms with Gasteiger partial charge in [0.2, 0.25) is 10.0 Å². The Hall–Kier alpha value is -1.27. The molecule has 1 aromatic rings. The average Bonchev–Trinajstić information content (AvgIpc) is 2.42. The Balaban J connectivity index is 2.86. The lowest BCUT2D eigenvalue weighted by molar-refractivity contribution is 0.0696. The van der Waals surface area contributed by atoms with Crippen LogP contribution >= 0.6 is 7.82 Å². The Morgan fingerprint density at radius 2 is 2.04 bits per heavy atom. The number of hydrogen-bond donors (Lipinski definition) is 5. The van der Waals surface area contributed by atoms with E-state index in [9.17, 15) is 22.8 Å². The molecule has 0 heterocycles. The molecule has 1 atom stereocenters. The molecule has 134 valence electrons. The lowest BCUT2D eigenvalue weighted by atomic mass is 9.79. The summed E-state index contributed by atoms with van der Waals surface area (Å²) >= 11 is 0. The number of aromatic carboxylic acids is 1. The van der Waals surface area contributed by atoms with Crippen LogP contribution in [0, 0.1) is 0 Å². The summed E-state index contributed by atoms with van der Waals surface area (Å²) in [7, 11) is -11.1. The summed E-state index contributed by atoms with van der Waals surface area (Å²) in [6.45, 7) is 1.48. The van der Waals surface area contributed by atoms with E-state index in [1.165, 1.54) is 31.2 Å². The first kappa shape index (κ1) is 20.8. The minimum absolute atomic E-state index is 0.00440. The molecule has 0 amide bonds. The molecule has 13 heteroatoms. The predicted octanol–water partition coefficient (Wildman–Crippen LogP) is -0.288. The maximum Gasteiger partial charge on any atom is 0.482 e. The lowest BCUT2D eigenvalue weighted by Crippen LogP contribution is -2.47. The fraction of sp³-hybridized carbons (Fsp3) is 0.364. The summed E-state index contributed by atoms with van der Waals surface area (Å²) in [6, 6.07) is 5.29. The van der Waals surface area contributed by atoms with Gasteiger partial charge in [0.15, 0.2) is 0 Å². The van der Waals surface area contributed by atoms with Crippen LogP contribution in [0.15, 0.2) is 24.3 Å². The monoisotopic (exact) mass is 381 g/mol. The van der Waals surface area contributed by atoms with E-state index in [2.05, 4.69) is 9.16 Å². The second-order valence-electron chi connectivity index (χ2n) is 4.88. The van der Waals surface area contributed by atoms with Gasteiger partial charge in [-0.15, -0.1) is 0 Å². The number of nitrogens with one attached hydrogen (secondary N) is 1. The van der Waals surface area contributed by atoms with E-state index in [4.69, 9.17) is 14.9 Å². The zero-order valence-corrected chi connectivity index (χ0v) is 14.3. The van der Waals surface area contributed by atoms with Crippen LogP contribution in [0.2, 0.25) is 0 Å². The van der Waals surface area contributed by atoms with E-state index in [0.717, 1.165) is 0 Å². The summed E-state index contributed by atoms with van der Waals surface area (Å²) in [5, 5.41) is 18.5. The number of hydrogen-bond acceptors (Lipinski definition) is 6. The van der Waals surface area contributed by atoms with Gasteiger partial charge in [0, 0.05) is 0 Å². The number of sulfonamides is 1. The third-order valence-corrected chi connectivity index (χ3v) is 4.76. The summed E-state index contributed by atoms with van der Waals surface area (Å²) in [6.07, 6.45) is -0.00440. The second-order valence-corrected chi connectivity index (χ2v) is 7.83. The first-order valence-corrected chi connectivity index (χ1v) is 9.86. The zero-order valence-electron chi connectivity index (χ0n) is 12.6. The van der Waals surface area contributed by atoms with Crippen molar-refractivity contribution in [2.24, 2.45) is 0 Å². The average molecular weight is 381 g/mol. The highest BCUT2D eigenvalue weighted by molar-refractivity contribution is 7.88. The minimum Gasteiger partial charge on any atom is -0.478 e. The molecule has 24 heavy (non-hydrogen) atoms. The Kier molecular flexibility index (Phi) is 7.11. The SMILES string of the molecule is CC[C@H](NS(=O)(=O)Cc1cccc(C(=O)O)c1)B(O)OP(=O)(O)O. The van der Waals surface area contributed by atoms with Crippen molar-refractivity contribution in [3.05, 3.63) is 35.4 Å². The first-order valence-electron chi connectivity index (χ1n) is 6.68. The van der Waals surface area contributed by atoms with E-state index in [0.29, 0.717) is 0 Å². The summed E-state index contributed by atoms with van der Waals surface area (Å²) < 4.78 is 41.0. The Morgan fingerprint density at radius 3 is 2.54 bits per heavy atom. The maximum absolute atomic E-state index is 12.1. The Morgan fingerprint density at radius 1 is 1.42 bits per heavy atom. The fourth-order valence-corrected chi connectivity index (χ4v) is 3.72. The molecule has 0 aliphatic rings. The molecule has 0 unspecified atom stereocenters. The number of rotatable bonds is 9. The van der Waals surface area contributed by atoms with Gasteiger partial charge < -0.3 is 24.4 Å². The van der Waals surface area contributed by atoms with Crippen molar-refractivity contribution in [3.63, 3.8) is 0 Å². The number of benzene rings is 1. The lowest BCUT2D eigenvalue weighted by Gasteiger charge is -2.19. The van der Waals surface area contributed by atoms with Crippen LogP contribution in [-0.4, -0.2) is 47.4 Å². The molecular weight excluding hydrogens is 364 g/mol. The van der Waals surface area contributed by atoms with E-state index >= 15 is 0 Å². The standard InChI is InChI=1S/C11H17BNO9PS/c1-2-10(12(16)22-23(17,18)19)13-24(20,21)7-8-4-3-5-9(6-8)11(14)15/h3-6,10,13,16H,2,7H2,1H3,(H,14,15)(H2,17,18,19)/t10-/m0/s1. The van der Waals surface area contributed by atoms with Gasteiger partial charge in [-0.1, -0.05) is 19.1 Å². The molecule has 0 fully saturated rings. The van der Waals surface area contributed by atoms with Crippen molar-refractivity contribution in [2.75, 3.05) is 0 Å². The highest BCUT2D eigenvalue weighted by Gasteiger charge is 2.35. The quantitative estimate of drug-likeness (QED) is 0.285. The molecule has 0 saturated carbocycles. The highest BCUT2D eigenvalue weighted by Crippen LogP contribution is 2.36. The smallest absolute Gasteiger partial charge is 0.478 e. The van der Waals surface area contributed by atoms with E-state index in [1.54, 1.807) is 0 Å². The van der Waals surface area contributed by atoms with Gasteiger partial charge in [-0.3, -0.25) is 0 Å². The molecule has 5 N–H and O–H groups in total. The van der Waals surface area contributed by atoms with Crippen molar-refractivity contribution in [3.8, 4) is 0 Å². The molecule has 0 aliphatic heterocycles. The fourth-order valence-electron chi connectivity index (χ4n) is 1.84. The summed E-state index contributed by atoms with van der Waals surface area (Å²) in [4.78, 5) is 28.2. The van der Waals surface area contributed by atoms with E-state index in [-0.39, 0.29) is 17.5 Å². The van der Waals surface area contributed by atoms with Crippen molar-refractivity contribution in [1.82, 2.24) is 4.72 Å². The van der Waals surface area contributed by atoms with Crippen molar-refractivity contribution < 1.29 is 42.1 Å². The van der Waals surface area contributed by atoms with Crippen LogP contribution in [0.1, 0.15) is 29.3 Å². The number of phosphoric acid groups is 1. The maximum atomic E-state index is 12.1. The predicted molar refractivity (Wildman–Crippen MR) is 84.3 cm³/mol. The van der Waals surface area contributed by atoms with Crippen LogP contribution in [0.3, 0.4) is 0 Å².